The minimum absolute atomic E-state index is 0.589. The fourth-order valence-electron chi connectivity index (χ4n) is 2.24. The summed E-state index contributed by atoms with van der Waals surface area (Å²) in [4.78, 5) is 0. The topological polar surface area (TPSA) is 54.4 Å². The van der Waals surface area contributed by atoms with Crippen LogP contribution in [0.1, 0.15) is 49.3 Å². The molecule has 2 unspecified atom stereocenters. The molecule has 2 rings (SSSR count). The van der Waals surface area contributed by atoms with Crippen molar-refractivity contribution < 1.29 is 13.5 Å². The molecule has 1 fully saturated rings. The van der Waals surface area contributed by atoms with Crippen LogP contribution in [0.3, 0.4) is 0 Å². The van der Waals surface area contributed by atoms with Gasteiger partial charge in [-0.15, -0.1) is 0 Å². The molecule has 18 heavy (non-hydrogen) atoms. The Morgan fingerprint density at radius 2 is 2.00 bits per heavy atom. The standard InChI is InChI=1S/C14H20O3S/c1-10(18(2,16)17)14(15)13-8-4-7-12(9-13)11-5-3-6-11/h4,7-11,14-15H,3,5-6H2,1-2H3. The minimum Gasteiger partial charge on any atom is -0.387 e. The Morgan fingerprint density at radius 1 is 1.33 bits per heavy atom. The lowest BCUT2D eigenvalue weighted by molar-refractivity contribution is 0.176. The molecule has 0 amide bonds. The van der Waals surface area contributed by atoms with Gasteiger partial charge in [0.25, 0.3) is 0 Å². The summed E-state index contributed by atoms with van der Waals surface area (Å²) in [5.41, 5.74) is 1.93. The molecular weight excluding hydrogens is 248 g/mol. The number of aliphatic hydroxyl groups excluding tert-OH is 1. The smallest absolute Gasteiger partial charge is 0.152 e. The minimum atomic E-state index is -3.22. The van der Waals surface area contributed by atoms with Gasteiger partial charge in [0, 0.05) is 6.26 Å². The molecule has 0 aliphatic heterocycles. The van der Waals surface area contributed by atoms with E-state index >= 15 is 0 Å². The second-order valence-corrected chi connectivity index (χ2v) is 7.68. The molecule has 100 valence electrons. The van der Waals surface area contributed by atoms with Gasteiger partial charge in [0.15, 0.2) is 9.84 Å². The van der Waals surface area contributed by atoms with Crippen molar-refractivity contribution in [2.45, 2.75) is 43.5 Å². The molecule has 0 spiro atoms. The second-order valence-electron chi connectivity index (χ2n) is 5.28. The van der Waals surface area contributed by atoms with Crippen molar-refractivity contribution in [2.24, 2.45) is 0 Å². The van der Waals surface area contributed by atoms with Gasteiger partial charge in [-0.25, -0.2) is 8.42 Å². The van der Waals surface area contributed by atoms with E-state index < -0.39 is 21.2 Å². The van der Waals surface area contributed by atoms with E-state index in [9.17, 15) is 13.5 Å². The molecule has 1 N–H and O–H groups in total. The van der Waals surface area contributed by atoms with Crippen molar-refractivity contribution in [1.82, 2.24) is 0 Å². The van der Waals surface area contributed by atoms with E-state index in [1.54, 1.807) is 13.0 Å². The number of rotatable bonds is 4. The molecule has 1 aromatic rings. The summed E-state index contributed by atoms with van der Waals surface area (Å²) in [5, 5.41) is 9.37. The summed E-state index contributed by atoms with van der Waals surface area (Å²) in [6.07, 6.45) is 3.87. The first kappa shape index (κ1) is 13.6. The van der Waals surface area contributed by atoms with Crippen LogP contribution in [0, 0.1) is 0 Å². The molecule has 3 nitrogen and oxygen atoms in total. The van der Waals surface area contributed by atoms with Crippen LogP contribution >= 0.6 is 0 Å². The van der Waals surface area contributed by atoms with Gasteiger partial charge in [-0.1, -0.05) is 30.7 Å². The molecule has 1 aromatic carbocycles. The third-order valence-electron chi connectivity index (χ3n) is 3.95. The maximum Gasteiger partial charge on any atom is 0.152 e. The highest BCUT2D eigenvalue weighted by atomic mass is 32.2. The Balaban J connectivity index is 2.22. The first-order valence-electron chi connectivity index (χ1n) is 6.36. The highest BCUT2D eigenvalue weighted by Crippen LogP contribution is 2.37. The molecule has 4 heteroatoms. The van der Waals surface area contributed by atoms with Crippen LogP contribution in [-0.2, 0) is 9.84 Å². The normalized spacial score (nSPS) is 20.2. The highest BCUT2D eigenvalue weighted by Gasteiger charge is 2.26. The van der Waals surface area contributed by atoms with E-state index in [2.05, 4.69) is 6.07 Å². The summed E-state index contributed by atoms with van der Waals surface area (Å²) >= 11 is 0. The van der Waals surface area contributed by atoms with Gasteiger partial charge >= 0.3 is 0 Å². The lowest BCUT2D eigenvalue weighted by atomic mass is 9.79. The van der Waals surface area contributed by atoms with Crippen molar-refractivity contribution in [2.75, 3.05) is 6.26 Å². The Hall–Kier alpha value is -0.870. The fraction of sp³-hybridized carbons (Fsp3) is 0.571. The monoisotopic (exact) mass is 268 g/mol. The molecule has 0 bridgehead atoms. The highest BCUT2D eigenvalue weighted by molar-refractivity contribution is 7.91. The first-order valence-corrected chi connectivity index (χ1v) is 8.32. The van der Waals surface area contributed by atoms with Gasteiger partial charge in [0.2, 0.25) is 0 Å². The van der Waals surface area contributed by atoms with Crippen molar-refractivity contribution in [3.63, 3.8) is 0 Å². The van der Waals surface area contributed by atoms with Crippen LogP contribution in [0.4, 0.5) is 0 Å². The first-order chi connectivity index (χ1) is 8.39. The van der Waals surface area contributed by atoms with E-state index in [0.29, 0.717) is 11.5 Å². The largest absolute Gasteiger partial charge is 0.387 e. The fourth-order valence-corrected chi connectivity index (χ4v) is 2.87. The molecule has 1 aliphatic rings. The SMILES string of the molecule is CC(C(O)c1cccc(C2CCC2)c1)S(C)(=O)=O. The predicted molar refractivity (Wildman–Crippen MR) is 72.3 cm³/mol. The summed E-state index contributed by atoms with van der Waals surface area (Å²) in [5.74, 6) is 0.589. The molecule has 0 saturated heterocycles. The number of sulfone groups is 1. The Kier molecular flexibility index (Phi) is 3.78. The summed E-state index contributed by atoms with van der Waals surface area (Å²) < 4.78 is 22.9. The van der Waals surface area contributed by atoms with Crippen LogP contribution in [0.15, 0.2) is 24.3 Å². The van der Waals surface area contributed by atoms with Crippen LogP contribution in [0.2, 0.25) is 0 Å². The third kappa shape index (κ3) is 2.75. The Morgan fingerprint density at radius 3 is 2.50 bits per heavy atom. The molecule has 2 atom stereocenters. The Labute approximate surface area is 109 Å². The van der Waals surface area contributed by atoms with Crippen LogP contribution in [0.25, 0.3) is 0 Å². The number of hydrogen-bond acceptors (Lipinski definition) is 3. The van der Waals surface area contributed by atoms with E-state index in [1.807, 2.05) is 12.1 Å². The zero-order valence-electron chi connectivity index (χ0n) is 10.8. The van der Waals surface area contributed by atoms with E-state index in [-0.39, 0.29) is 0 Å². The molecule has 0 aromatic heterocycles. The van der Waals surface area contributed by atoms with Gasteiger partial charge in [0.05, 0.1) is 11.4 Å². The van der Waals surface area contributed by atoms with Crippen molar-refractivity contribution in [3.05, 3.63) is 35.4 Å². The predicted octanol–water partition coefficient (Wildman–Crippen LogP) is 2.42. The number of hydrogen-bond donors (Lipinski definition) is 1. The van der Waals surface area contributed by atoms with E-state index in [4.69, 9.17) is 0 Å². The maximum absolute atomic E-state index is 11.5. The van der Waals surface area contributed by atoms with Gasteiger partial charge in [-0.3, -0.25) is 0 Å². The van der Waals surface area contributed by atoms with Crippen LogP contribution in [0.5, 0.6) is 0 Å². The van der Waals surface area contributed by atoms with Crippen molar-refractivity contribution >= 4 is 9.84 Å². The van der Waals surface area contributed by atoms with Gasteiger partial charge in [0.1, 0.15) is 0 Å². The summed E-state index contributed by atoms with van der Waals surface area (Å²) in [6.45, 7) is 1.55. The Bertz CT molecular complexity index is 518. The number of aliphatic hydroxyl groups is 1. The van der Waals surface area contributed by atoms with E-state index in [0.717, 1.165) is 6.26 Å². The maximum atomic E-state index is 11.5. The molecular formula is C14H20O3S. The second kappa shape index (κ2) is 5.02. The summed E-state index contributed by atoms with van der Waals surface area (Å²) in [7, 11) is -3.22. The van der Waals surface area contributed by atoms with Gasteiger partial charge in [-0.05, 0) is 36.8 Å². The molecule has 0 heterocycles. The average Bonchev–Trinajstić information content (AvgIpc) is 2.24. The quantitative estimate of drug-likeness (QED) is 0.912. The van der Waals surface area contributed by atoms with Gasteiger partial charge < -0.3 is 5.11 Å². The van der Waals surface area contributed by atoms with Gasteiger partial charge in [-0.2, -0.15) is 0 Å². The molecule has 1 aliphatic carbocycles. The zero-order chi connectivity index (χ0) is 13.3. The lowest BCUT2D eigenvalue weighted by Crippen LogP contribution is -2.24. The van der Waals surface area contributed by atoms with Crippen LogP contribution < -0.4 is 0 Å². The zero-order valence-corrected chi connectivity index (χ0v) is 11.7. The average molecular weight is 268 g/mol. The number of benzene rings is 1. The lowest BCUT2D eigenvalue weighted by Gasteiger charge is -2.27. The molecule has 0 radical (unpaired) electrons. The summed E-state index contributed by atoms with van der Waals surface area (Å²) in [6, 6.07) is 7.72. The third-order valence-corrected chi connectivity index (χ3v) is 5.56. The van der Waals surface area contributed by atoms with Crippen molar-refractivity contribution in [3.8, 4) is 0 Å². The van der Waals surface area contributed by atoms with Crippen LogP contribution in [-0.4, -0.2) is 25.0 Å². The molecule has 1 saturated carbocycles. The van der Waals surface area contributed by atoms with Crippen molar-refractivity contribution in [1.29, 1.82) is 0 Å². The van der Waals surface area contributed by atoms with E-state index in [1.165, 1.54) is 24.8 Å².